The third-order valence-electron chi connectivity index (χ3n) is 9.15. The second-order valence-corrected chi connectivity index (χ2v) is 12.6. The highest BCUT2D eigenvalue weighted by molar-refractivity contribution is 5.91. The SMILES string of the molecule is C#CC[C@H](OC1CCCCC1C)[C@H](O)CNC(=O)[C@@H](NC(=O)[C@@H](CC(=O)N(C)CCN(CC)CC)Cc1ccccc1)C(C)C#C. The van der Waals surface area contributed by atoms with Crippen molar-refractivity contribution in [3.8, 4) is 24.7 Å². The van der Waals surface area contributed by atoms with Crippen molar-refractivity contribution in [3.63, 3.8) is 0 Å². The van der Waals surface area contributed by atoms with Crippen molar-refractivity contribution in [1.82, 2.24) is 20.4 Å². The molecule has 1 aliphatic rings. The standard InChI is InChI=1S/C37H56N4O5/c1-8-17-33(46-32-21-16-15-18-28(32)6)31(42)26-38-37(45)35(27(5)9-2)39-36(44)30(24-29-19-13-12-14-20-29)25-34(43)40(7)22-23-41(10-3)11-4/h1-2,12-14,19-20,27-28,30-33,35,42H,10-11,15-18,21-26H2,3-7H3,(H,38,45)(H,39,44)/t27?,28?,30-,31-,32?,33+,35+/m1/s1. The summed E-state index contributed by atoms with van der Waals surface area (Å²) >= 11 is 0. The number of nitrogens with one attached hydrogen (secondary N) is 2. The summed E-state index contributed by atoms with van der Waals surface area (Å²) in [7, 11) is 1.75. The molecule has 0 radical (unpaired) electrons. The number of nitrogens with zero attached hydrogens (tertiary/aromatic N) is 2. The lowest BCUT2D eigenvalue weighted by Crippen LogP contribution is -2.54. The van der Waals surface area contributed by atoms with Crippen LogP contribution in [-0.2, 0) is 25.5 Å². The van der Waals surface area contributed by atoms with Gasteiger partial charge in [-0.3, -0.25) is 14.4 Å². The van der Waals surface area contributed by atoms with Crippen molar-refractivity contribution in [3.05, 3.63) is 35.9 Å². The molecule has 1 saturated carbocycles. The molecule has 1 aromatic rings. The van der Waals surface area contributed by atoms with E-state index in [9.17, 15) is 19.5 Å². The minimum Gasteiger partial charge on any atom is -0.389 e. The Bertz CT molecular complexity index is 1160. The fourth-order valence-corrected chi connectivity index (χ4v) is 5.81. The van der Waals surface area contributed by atoms with E-state index in [0.717, 1.165) is 50.9 Å². The van der Waals surface area contributed by atoms with E-state index in [0.29, 0.717) is 18.9 Å². The van der Waals surface area contributed by atoms with Crippen LogP contribution in [0.15, 0.2) is 30.3 Å². The van der Waals surface area contributed by atoms with E-state index in [-0.39, 0.29) is 31.4 Å². The van der Waals surface area contributed by atoms with Crippen LogP contribution in [0.2, 0.25) is 0 Å². The molecule has 1 fully saturated rings. The highest BCUT2D eigenvalue weighted by atomic mass is 16.5. The minimum atomic E-state index is -1.07. The predicted molar refractivity (Wildman–Crippen MR) is 182 cm³/mol. The van der Waals surface area contributed by atoms with Gasteiger partial charge in [0.05, 0.1) is 24.2 Å². The smallest absolute Gasteiger partial charge is 0.243 e. The molecule has 3 N–H and O–H groups in total. The van der Waals surface area contributed by atoms with E-state index in [4.69, 9.17) is 17.6 Å². The third kappa shape index (κ3) is 12.8. The normalized spacial score (nSPS) is 19.5. The topological polar surface area (TPSA) is 111 Å². The van der Waals surface area contributed by atoms with Crippen molar-refractivity contribution in [2.75, 3.05) is 39.8 Å². The number of rotatable bonds is 19. The van der Waals surface area contributed by atoms with Crippen molar-refractivity contribution in [1.29, 1.82) is 0 Å². The molecule has 46 heavy (non-hydrogen) atoms. The molecule has 9 nitrogen and oxygen atoms in total. The molecule has 0 spiro atoms. The summed E-state index contributed by atoms with van der Waals surface area (Å²) in [4.78, 5) is 44.3. The largest absolute Gasteiger partial charge is 0.389 e. The quantitative estimate of drug-likeness (QED) is 0.201. The summed E-state index contributed by atoms with van der Waals surface area (Å²) in [6.07, 6.45) is 14.3. The van der Waals surface area contributed by atoms with Crippen LogP contribution in [-0.4, -0.2) is 96.8 Å². The zero-order valence-corrected chi connectivity index (χ0v) is 28.5. The summed E-state index contributed by atoms with van der Waals surface area (Å²) < 4.78 is 6.23. The molecule has 7 atom stereocenters. The van der Waals surface area contributed by atoms with Crippen LogP contribution < -0.4 is 10.6 Å². The monoisotopic (exact) mass is 636 g/mol. The lowest BCUT2D eigenvalue weighted by atomic mass is 9.87. The molecule has 254 valence electrons. The van der Waals surface area contributed by atoms with E-state index in [1.54, 1.807) is 18.9 Å². The van der Waals surface area contributed by atoms with E-state index in [2.05, 4.69) is 48.1 Å². The van der Waals surface area contributed by atoms with Gasteiger partial charge in [-0.2, -0.15) is 0 Å². The number of aliphatic hydroxyl groups excluding tert-OH is 1. The Kier molecular flexibility index (Phi) is 17.5. The van der Waals surface area contributed by atoms with Crippen molar-refractivity contribution in [2.24, 2.45) is 17.8 Å². The van der Waals surface area contributed by atoms with Crippen molar-refractivity contribution in [2.45, 2.75) is 97.0 Å². The van der Waals surface area contributed by atoms with Crippen molar-refractivity contribution >= 4 is 17.7 Å². The van der Waals surface area contributed by atoms with E-state index >= 15 is 0 Å². The first-order valence-electron chi connectivity index (χ1n) is 16.9. The molecule has 3 amide bonds. The first-order chi connectivity index (χ1) is 22.0. The number of amides is 3. The highest BCUT2D eigenvalue weighted by Gasteiger charge is 2.33. The average molecular weight is 637 g/mol. The van der Waals surface area contributed by atoms with Crippen LogP contribution in [0.1, 0.15) is 71.8 Å². The van der Waals surface area contributed by atoms with Gasteiger partial charge in [0.15, 0.2) is 0 Å². The number of hydrogen-bond acceptors (Lipinski definition) is 6. The number of carbonyl (C=O) groups excluding carboxylic acids is 3. The first-order valence-corrected chi connectivity index (χ1v) is 16.9. The minimum absolute atomic E-state index is 0.00600. The Morgan fingerprint density at radius 1 is 1.07 bits per heavy atom. The predicted octanol–water partition coefficient (Wildman–Crippen LogP) is 3.25. The van der Waals surface area contributed by atoms with Gasteiger partial charge >= 0.3 is 0 Å². The molecule has 3 unspecified atom stereocenters. The average Bonchev–Trinajstić information content (AvgIpc) is 3.06. The first kappa shape index (κ1) is 38.8. The Labute approximate surface area is 277 Å². The summed E-state index contributed by atoms with van der Waals surface area (Å²) in [6.45, 7) is 10.9. The third-order valence-corrected chi connectivity index (χ3v) is 9.15. The zero-order valence-electron chi connectivity index (χ0n) is 28.5. The molecule has 0 bridgehead atoms. The summed E-state index contributed by atoms with van der Waals surface area (Å²) in [5.41, 5.74) is 0.905. The number of ether oxygens (including phenoxy) is 1. The second-order valence-electron chi connectivity index (χ2n) is 12.6. The molecular formula is C37H56N4O5. The fraction of sp³-hybridized carbons (Fsp3) is 0.649. The summed E-state index contributed by atoms with van der Waals surface area (Å²) in [5.74, 6) is 3.03. The molecular weight excluding hydrogens is 580 g/mol. The van der Waals surface area contributed by atoms with E-state index in [1.807, 2.05) is 30.3 Å². The molecule has 0 aromatic heterocycles. The summed E-state index contributed by atoms with van der Waals surface area (Å²) in [5, 5.41) is 16.6. The maximum Gasteiger partial charge on any atom is 0.243 e. The number of carbonyl (C=O) groups is 3. The molecule has 1 aromatic carbocycles. The lowest BCUT2D eigenvalue weighted by molar-refractivity contribution is -0.137. The van der Waals surface area contributed by atoms with E-state index in [1.165, 1.54) is 0 Å². The Morgan fingerprint density at radius 3 is 2.35 bits per heavy atom. The number of likely N-dealkylation sites (N-methyl/N-ethyl adjacent to an activating group) is 2. The molecule has 1 aliphatic carbocycles. The van der Waals surface area contributed by atoms with E-state index < -0.39 is 41.9 Å². The Balaban J connectivity index is 2.12. The summed E-state index contributed by atoms with van der Waals surface area (Å²) in [6, 6.07) is 8.42. The van der Waals surface area contributed by atoms with Crippen LogP contribution in [0.25, 0.3) is 0 Å². The fourth-order valence-electron chi connectivity index (χ4n) is 5.81. The number of aliphatic hydroxyl groups is 1. The maximum absolute atomic E-state index is 13.8. The molecule has 2 rings (SSSR count). The maximum atomic E-state index is 13.8. The highest BCUT2D eigenvalue weighted by Crippen LogP contribution is 2.28. The molecule has 0 heterocycles. The van der Waals surface area contributed by atoms with Gasteiger partial charge in [0.1, 0.15) is 6.04 Å². The van der Waals surface area contributed by atoms with Gasteiger partial charge in [-0.25, -0.2) is 0 Å². The van der Waals surface area contributed by atoms with Crippen LogP contribution >= 0.6 is 0 Å². The van der Waals surface area contributed by atoms with Gasteiger partial charge in [-0.1, -0.05) is 63.9 Å². The zero-order chi connectivity index (χ0) is 34.1. The van der Waals surface area contributed by atoms with Gasteiger partial charge in [0.25, 0.3) is 0 Å². The lowest BCUT2D eigenvalue weighted by Gasteiger charge is -2.34. The second kappa shape index (κ2) is 20.7. The molecule has 9 heteroatoms. The van der Waals surface area contributed by atoms with Crippen LogP contribution in [0.3, 0.4) is 0 Å². The van der Waals surface area contributed by atoms with Crippen LogP contribution in [0, 0.1) is 42.4 Å². The van der Waals surface area contributed by atoms with Crippen LogP contribution in [0.5, 0.6) is 0 Å². The number of hydrogen-bond donors (Lipinski definition) is 3. The Hall–Kier alpha value is -3.37. The Morgan fingerprint density at radius 2 is 1.74 bits per heavy atom. The van der Waals surface area contributed by atoms with Gasteiger partial charge in [0, 0.05) is 45.4 Å². The molecule has 0 saturated heterocycles. The van der Waals surface area contributed by atoms with Gasteiger partial charge in [-0.05, 0) is 50.8 Å². The van der Waals surface area contributed by atoms with Gasteiger partial charge in [0.2, 0.25) is 17.7 Å². The van der Waals surface area contributed by atoms with Gasteiger partial charge in [-0.15, -0.1) is 24.7 Å². The number of terminal acetylenes is 2. The molecule has 0 aliphatic heterocycles. The van der Waals surface area contributed by atoms with Crippen LogP contribution in [0.4, 0.5) is 0 Å². The van der Waals surface area contributed by atoms with Crippen molar-refractivity contribution < 1.29 is 24.2 Å². The van der Waals surface area contributed by atoms with Gasteiger partial charge < -0.3 is 30.3 Å². The number of benzene rings is 1.